The van der Waals surface area contributed by atoms with E-state index < -0.39 is 37.3 Å². The molecule has 5 atom stereocenters. The number of aliphatic hydroxyl groups excluding tert-OH is 4. The van der Waals surface area contributed by atoms with E-state index in [1.54, 1.807) is 12.1 Å². The largest absolute Gasteiger partial charge is 0.495 e. The molecule has 10 nitrogen and oxygen atoms in total. The molecule has 0 aliphatic carbocycles. The van der Waals surface area contributed by atoms with Gasteiger partial charge in [-0.15, -0.1) is 0 Å². The van der Waals surface area contributed by atoms with Gasteiger partial charge in [-0.05, 0) is 6.07 Å². The van der Waals surface area contributed by atoms with E-state index in [-0.39, 0.29) is 28.8 Å². The Hall–Kier alpha value is -2.47. The standard InChI is InChI=1S/C19H20O10/c1-25-18-9-2-3-26-11(9)5-12-14(18)10(21)4-8(28-12)7-27-19-17(24)16(23)15(22)13(6-20)29-19/h2-5,13,15-17,19-20,22-24H,6-7H2,1H3/t13-,15-,16+,17-,19-/m1/s1. The number of benzene rings is 1. The summed E-state index contributed by atoms with van der Waals surface area (Å²) >= 11 is 0. The molecule has 0 bridgehead atoms. The van der Waals surface area contributed by atoms with Gasteiger partial charge in [-0.1, -0.05) is 0 Å². The Morgan fingerprint density at radius 2 is 1.90 bits per heavy atom. The third kappa shape index (κ3) is 3.39. The first-order valence-corrected chi connectivity index (χ1v) is 8.87. The number of hydrogen-bond donors (Lipinski definition) is 4. The summed E-state index contributed by atoms with van der Waals surface area (Å²) < 4.78 is 27.1. The van der Waals surface area contributed by atoms with Crippen molar-refractivity contribution in [1.29, 1.82) is 0 Å². The van der Waals surface area contributed by atoms with E-state index in [9.17, 15) is 25.2 Å². The monoisotopic (exact) mass is 408 g/mol. The Balaban J connectivity index is 1.62. The average molecular weight is 408 g/mol. The highest BCUT2D eigenvalue weighted by atomic mass is 16.7. The molecule has 0 radical (unpaired) electrons. The lowest BCUT2D eigenvalue weighted by atomic mass is 9.99. The summed E-state index contributed by atoms with van der Waals surface area (Å²) in [6, 6.07) is 4.47. The minimum absolute atomic E-state index is 0.132. The molecule has 4 N–H and O–H groups in total. The van der Waals surface area contributed by atoms with Gasteiger partial charge in [0.05, 0.1) is 25.4 Å². The van der Waals surface area contributed by atoms with Gasteiger partial charge in [0.2, 0.25) is 0 Å². The summed E-state index contributed by atoms with van der Waals surface area (Å²) in [5.41, 5.74) is 0.340. The van der Waals surface area contributed by atoms with Crippen LogP contribution in [-0.2, 0) is 16.1 Å². The number of hydrogen-bond acceptors (Lipinski definition) is 10. The van der Waals surface area contributed by atoms with Crippen LogP contribution in [0.1, 0.15) is 5.76 Å². The van der Waals surface area contributed by atoms with E-state index in [2.05, 4.69) is 0 Å². The minimum Gasteiger partial charge on any atom is -0.495 e. The number of ether oxygens (including phenoxy) is 3. The molecular weight excluding hydrogens is 388 g/mol. The molecule has 1 saturated heterocycles. The van der Waals surface area contributed by atoms with Gasteiger partial charge in [-0.2, -0.15) is 0 Å². The number of rotatable bonds is 5. The van der Waals surface area contributed by atoms with Crippen LogP contribution in [0.3, 0.4) is 0 Å². The fourth-order valence-electron chi connectivity index (χ4n) is 3.41. The van der Waals surface area contributed by atoms with E-state index in [4.69, 9.17) is 23.0 Å². The van der Waals surface area contributed by atoms with Gasteiger partial charge in [0.15, 0.2) is 11.7 Å². The van der Waals surface area contributed by atoms with Crippen LogP contribution in [0.25, 0.3) is 21.9 Å². The molecule has 10 heteroatoms. The van der Waals surface area contributed by atoms with E-state index in [1.807, 2.05) is 0 Å². The predicted octanol–water partition coefficient (Wildman–Crippen LogP) is -0.136. The lowest BCUT2D eigenvalue weighted by molar-refractivity contribution is -0.304. The van der Waals surface area contributed by atoms with Crippen molar-refractivity contribution in [1.82, 2.24) is 0 Å². The predicted molar refractivity (Wildman–Crippen MR) is 97.4 cm³/mol. The molecule has 156 valence electrons. The Bertz CT molecular complexity index is 1070. The SMILES string of the molecule is COc1c2ccoc2cc2oc(CO[C@@H]3O[C@H](CO)[C@@H](O)[C@H](O)[C@H]3O)cc(=O)c12. The fraction of sp³-hybridized carbons (Fsp3) is 0.421. The van der Waals surface area contributed by atoms with E-state index in [0.717, 1.165) is 0 Å². The Morgan fingerprint density at radius 1 is 1.10 bits per heavy atom. The van der Waals surface area contributed by atoms with Crippen molar-refractivity contribution >= 4 is 21.9 Å². The first-order valence-electron chi connectivity index (χ1n) is 8.87. The van der Waals surface area contributed by atoms with Crippen LogP contribution in [0.5, 0.6) is 5.75 Å². The molecule has 0 amide bonds. The fourth-order valence-corrected chi connectivity index (χ4v) is 3.41. The second-order valence-electron chi connectivity index (χ2n) is 6.70. The molecule has 0 unspecified atom stereocenters. The maximum absolute atomic E-state index is 12.6. The Kier molecular flexibility index (Phi) is 5.30. The maximum atomic E-state index is 12.6. The van der Waals surface area contributed by atoms with E-state index in [1.165, 1.54) is 19.4 Å². The van der Waals surface area contributed by atoms with E-state index in [0.29, 0.717) is 16.7 Å². The van der Waals surface area contributed by atoms with Crippen LogP contribution in [0, 0.1) is 0 Å². The lowest BCUT2D eigenvalue weighted by Gasteiger charge is -2.39. The second-order valence-corrected chi connectivity index (χ2v) is 6.70. The highest BCUT2D eigenvalue weighted by Gasteiger charge is 2.44. The molecule has 4 rings (SSSR count). The van der Waals surface area contributed by atoms with Gasteiger partial charge in [0.1, 0.15) is 59.1 Å². The number of aliphatic hydroxyl groups is 4. The maximum Gasteiger partial charge on any atom is 0.196 e. The number of methoxy groups -OCH3 is 1. The van der Waals surface area contributed by atoms with Crippen molar-refractivity contribution in [2.75, 3.05) is 13.7 Å². The highest BCUT2D eigenvalue weighted by molar-refractivity contribution is 6.01. The molecule has 1 aliphatic heterocycles. The summed E-state index contributed by atoms with van der Waals surface area (Å²) in [6.45, 7) is -0.846. The zero-order chi connectivity index (χ0) is 20.7. The normalized spacial score (nSPS) is 27.6. The second kappa shape index (κ2) is 7.75. The first kappa shape index (κ1) is 19.8. The molecule has 3 heterocycles. The molecule has 29 heavy (non-hydrogen) atoms. The van der Waals surface area contributed by atoms with Crippen LogP contribution in [-0.4, -0.2) is 64.8 Å². The molecule has 0 spiro atoms. The van der Waals surface area contributed by atoms with Gasteiger partial charge in [-0.3, -0.25) is 4.79 Å². The van der Waals surface area contributed by atoms with Crippen LogP contribution < -0.4 is 10.2 Å². The van der Waals surface area contributed by atoms with Crippen LogP contribution in [0.15, 0.2) is 38.1 Å². The van der Waals surface area contributed by atoms with Crippen LogP contribution in [0.4, 0.5) is 0 Å². The zero-order valence-electron chi connectivity index (χ0n) is 15.3. The number of fused-ring (bicyclic) bond motifs is 2. The van der Waals surface area contributed by atoms with Crippen molar-refractivity contribution in [2.45, 2.75) is 37.3 Å². The van der Waals surface area contributed by atoms with Gasteiger partial charge in [0.25, 0.3) is 0 Å². The summed E-state index contributed by atoms with van der Waals surface area (Å²) in [6.07, 6.45) is -5.57. The Morgan fingerprint density at radius 3 is 2.62 bits per heavy atom. The van der Waals surface area contributed by atoms with E-state index >= 15 is 0 Å². The van der Waals surface area contributed by atoms with Gasteiger partial charge >= 0.3 is 0 Å². The topological polar surface area (TPSA) is 152 Å². The summed E-state index contributed by atoms with van der Waals surface area (Å²) in [5, 5.41) is 39.8. The number of furan rings is 1. The van der Waals surface area contributed by atoms with Crippen LogP contribution >= 0.6 is 0 Å². The third-order valence-electron chi connectivity index (χ3n) is 4.90. The highest BCUT2D eigenvalue weighted by Crippen LogP contribution is 2.34. The van der Waals surface area contributed by atoms with Crippen molar-refractivity contribution < 1.29 is 43.5 Å². The quantitative estimate of drug-likeness (QED) is 0.449. The van der Waals surface area contributed by atoms with Crippen molar-refractivity contribution in [3.63, 3.8) is 0 Å². The minimum atomic E-state index is -1.56. The average Bonchev–Trinajstić information content (AvgIpc) is 3.18. The molecule has 1 aromatic carbocycles. The molecule has 1 fully saturated rings. The van der Waals surface area contributed by atoms with Gasteiger partial charge in [0, 0.05) is 12.1 Å². The molecule has 3 aromatic rings. The Labute approximate surface area is 163 Å². The smallest absolute Gasteiger partial charge is 0.196 e. The lowest BCUT2D eigenvalue weighted by Crippen LogP contribution is -2.59. The third-order valence-corrected chi connectivity index (χ3v) is 4.90. The zero-order valence-corrected chi connectivity index (χ0v) is 15.3. The van der Waals surface area contributed by atoms with Crippen molar-refractivity contribution in [3.8, 4) is 5.75 Å². The van der Waals surface area contributed by atoms with Crippen LogP contribution in [0.2, 0.25) is 0 Å². The van der Waals surface area contributed by atoms with Gasteiger partial charge in [-0.25, -0.2) is 0 Å². The van der Waals surface area contributed by atoms with Crippen molar-refractivity contribution in [2.24, 2.45) is 0 Å². The van der Waals surface area contributed by atoms with Crippen molar-refractivity contribution in [3.05, 3.63) is 40.4 Å². The molecule has 2 aromatic heterocycles. The van der Waals surface area contributed by atoms with Gasteiger partial charge < -0.3 is 43.5 Å². The summed E-state index contributed by atoms with van der Waals surface area (Å²) in [7, 11) is 1.44. The summed E-state index contributed by atoms with van der Waals surface area (Å²) in [4.78, 5) is 12.6. The molecular formula is C19H20O10. The summed E-state index contributed by atoms with van der Waals surface area (Å²) in [5.74, 6) is 0.467. The molecule has 0 saturated carbocycles. The molecule has 1 aliphatic rings. The first-order chi connectivity index (χ1) is 13.9.